The van der Waals surface area contributed by atoms with Gasteiger partial charge in [-0.05, 0) is 43.0 Å². The van der Waals surface area contributed by atoms with Gasteiger partial charge >= 0.3 is 0 Å². The van der Waals surface area contributed by atoms with Crippen LogP contribution >= 0.6 is 23.4 Å². The van der Waals surface area contributed by atoms with Crippen LogP contribution in [0.2, 0.25) is 5.02 Å². The van der Waals surface area contributed by atoms with Crippen LogP contribution in [0, 0.1) is 12.1 Å². The maximum atomic E-state index is 13.5. The first-order chi connectivity index (χ1) is 13.9. The lowest BCUT2D eigenvalue weighted by Crippen LogP contribution is -2.41. The van der Waals surface area contributed by atoms with Crippen molar-refractivity contribution in [2.24, 2.45) is 4.99 Å². The minimum atomic E-state index is -0.301. The summed E-state index contributed by atoms with van der Waals surface area (Å²) in [7, 11) is 0. The number of hydrogen-bond donors (Lipinski definition) is 0. The predicted molar refractivity (Wildman–Crippen MR) is 120 cm³/mol. The molecule has 0 fully saturated rings. The molecule has 148 valence electrons. The van der Waals surface area contributed by atoms with Crippen molar-refractivity contribution < 1.29 is 9.52 Å². The van der Waals surface area contributed by atoms with Crippen LogP contribution in [-0.2, 0) is 11.3 Å². The number of hydrogen-bond acceptors (Lipinski definition) is 4. The number of amides is 1. The lowest BCUT2D eigenvalue weighted by atomic mass is 10.0. The van der Waals surface area contributed by atoms with Crippen molar-refractivity contribution >= 4 is 51.3 Å². The van der Waals surface area contributed by atoms with Crippen molar-refractivity contribution in [3.05, 3.63) is 76.2 Å². The average molecular weight is 426 g/mol. The van der Waals surface area contributed by atoms with Crippen molar-refractivity contribution in [2.45, 2.75) is 31.7 Å². The average Bonchev–Trinajstić information content (AvgIpc) is 3.12. The second-order valence-corrected chi connectivity index (χ2v) is 8.56. The quantitative estimate of drug-likeness (QED) is 0.456. The van der Waals surface area contributed by atoms with E-state index in [-0.39, 0.29) is 23.7 Å². The van der Waals surface area contributed by atoms with E-state index in [1.54, 1.807) is 28.8 Å². The molecule has 1 aliphatic heterocycles. The number of thioether (sulfide) groups is 1. The van der Waals surface area contributed by atoms with Gasteiger partial charge in [0.2, 0.25) is 5.91 Å². The summed E-state index contributed by atoms with van der Waals surface area (Å²) in [6, 6.07) is 13.0. The van der Waals surface area contributed by atoms with E-state index in [1.165, 1.54) is 18.0 Å². The van der Waals surface area contributed by atoms with Gasteiger partial charge < -0.3 is 10.1 Å². The van der Waals surface area contributed by atoms with E-state index in [2.05, 4.69) is 4.99 Å². The fourth-order valence-electron chi connectivity index (χ4n) is 3.56. The molecule has 2 heterocycles. The monoisotopic (exact) mass is 425 g/mol. The number of rotatable bonds is 4. The summed E-state index contributed by atoms with van der Waals surface area (Å²) in [5, 5.41) is 14.4. The molecular formula is C22H20ClN3O2S. The van der Waals surface area contributed by atoms with Crippen molar-refractivity contribution in [1.29, 1.82) is 0 Å². The fourth-order valence-corrected chi connectivity index (χ4v) is 4.68. The third-order valence-electron chi connectivity index (χ3n) is 5.11. The van der Waals surface area contributed by atoms with Crippen molar-refractivity contribution in [1.82, 2.24) is 0 Å². The maximum Gasteiger partial charge on any atom is 0.243 e. The van der Waals surface area contributed by atoms with Crippen LogP contribution in [0.4, 0.5) is 5.69 Å². The van der Waals surface area contributed by atoms with E-state index in [1.807, 2.05) is 44.2 Å². The third kappa shape index (κ3) is 3.95. The molecule has 1 aromatic heterocycles. The van der Waals surface area contributed by atoms with Gasteiger partial charge in [0, 0.05) is 16.3 Å². The summed E-state index contributed by atoms with van der Waals surface area (Å²) in [4.78, 5) is 19.5. The number of aryl methyl sites for hydroxylation is 1. The molecule has 0 aliphatic carbocycles. The molecule has 1 amide bonds. The zero-order valence-corrected chi connectivity index (χ0v) is 17.7. The molecule has 2 unspecified atom stereocenters. The highest BCUT2D eigenvalue weighted by molar-refractivity contribution is 8.13. The molecule has 0 spiro atoms. The maximum absolute atomic E-state index is 13.5. The Morgan fingerprint density at radius 3 is 2.76 bits per heavy atom. The molecular weight excluding hydrogens is 406 g/mol. The number of aromatic nitrogens is 1. The van der Waals surface area contributed by atoms with Crippen molar-refractivity contribution in [3.8, 4) is 0 Å². The largest absolute Gasteiger partial charge is 0.619 e. The molecule has 1 aliphatic rings. The van der Waals surface area contributed by atoms with Crippen LogP contribution in [0.5, 0.6) is 0 Å². The number of nitrogens with zero attached hydrogens (tertiary/aromatic N) is 3. The normalized spacial score (nSPS) is 18.3. The zero-order chi connectivity index (χ0) is 20.5. The number of carbonyl (C=O) groups excluding carboxylic acids is 1. The first-order valence-electron chi connectivity index (χ1n) is 9.29. The van der Waals surface area contributed by atoms with E-state index >= 15 is 0 Å². The van der Waals surface area contributed by atoms with Gasteiger partial charge in [-0.2, -0.15) is 4.73 Å². The van der Waals surface area contributed by atoms with Crippen molar-refractivity contribution in [2.75, 3.05) is 4.90 Å². The summed E-state index contributed by atoms with van der Waals surface area (Å²) in [6.07, 6.45) is 3.11. The Hall–Kier alpha value is -2.57. The molecule has 0 saturated carbocycles. The highest BCUT2D eigenvalue weighted by atomic mass is 35.5. The van der Waals surface area contributed by atoms with Gasteiger partial charge in [0.05, 0.1) is 23.5 Å². The Morgan fingerprint density at radius 2 is 2.03 bits per heavy atom. The number of aliphatic imine (C=N–C) groups is 1. The highest BCUT2D eigenvalue weighted by Crippen LogP contribution is 2.30. The summed E-state index contributed by atoms with van der Waals surface area (Å²) in [6.45, 7) is 4.17. The van der Waals surface area contributed by atoms with Gasteiger partial charge in [-0.25, -0.2) is 0 Å². The number of anilines is 1. The zero-order valence-electron chi connectivity index (χ0n) is 16.1. The predicted octanol–water partition coefficient (Wildman–Crippen LogP) is 4.50. The summed E-state index contributed by atoms with van der Waals surface area (Å²) >= 11 is 7.63. The lowest BCUT2D eigenvalue weighted by Gasteiger charge is -2.27. The third-order valence-corrected chi connectivity index (χ3v) is 6.48. The second kappa shape index (κ2) is 8.05. The van der Waals surface area contributed by atoms with E-state index in [9.17, 15) is 10.0 Å². The molecule has 2 aromatic carbocycles. The molecule has 2 atom stereocenters. The number of fused-ring (bicyclic) bond motifs is 1. The van der Waals surface area contributed by atoms with E-state index in [0.717, 1.165) is 26.6 Å². The van der Waals surface area contributed by atoms with E-state index in [0.29, 0.717) is 10.7 Å². The number of benzene rings is 2. The summed E-state index contributed by atoms with van der Waals surface area (Å²) < 4.78 is 0.807. The van der Waals surface area contributed by atoms with Gasteiger partial charge in [-0.3, -0.25) is 9.79 Å². The number of carbonyl (C=O) groups is 1. The highest BCUT2D eigenvalue weighted by Gasteiger charge is 2.33. The van der Waals surface area contributed by atoms with Crippen LogP contribution < -0.4 is 9.63 Å². The van der Waals surface area contributed by atoms with Crippen LogP contribution in [0.3, 0.4) is 0 Å². The van der Waals surface area contributed by atoms with Gasteiger partial charge in [0.25, 0.3) is 0 Å². The van der Waals surface area contributed by atoms with Crippen LogP contribution in [0.15, 0.2) is 59.9 Å². The van der Waals surface area contributed by atoms with E-state index in [4.69, 9.17) is 11.6 Å². The lowest BCUT2D eigenvalue weighted by molar-refractivity contribution is -0.604. The van der Waals surface area contributed by atoms with Gasteiger partial charge in [-0.15, -0.1) is 0 Å². The molecule has 0 saturated heterocycles. The first-order valence-corrected chi connectivity index (χ1v) is 10.6. The van der Waals surface area contributed by atoms with Crippen molar-refractivity contribution in [3.63, 3.8) is 0 Å². The minimum Gasteiger partial charge on any atom is -0.619 e. The van der Waals surface area contributed by atoms with E-state index < -0.39 is 0 Å². The topological polar surface area (TPSA) is 59.6 Å². The standard InChI is InChI=1S/C22H20ClN3O2S/c1-14-5-3-8-19-16(10-25(28)12-20(14)19)11-26(18-7-4-6-17(23)9-18)22(27)21-15(2)24-13-29-21/h3-10,12-13,15,21H,11H2,1-2H3. The van der Waals surface area contributed by atoms with Gasteiger partial charge in [0.1, 0.15) is 5.25 Å². The molecule has 5 nitrogen and oxygen atoms in total. The fraction of sp³-hybridized carbons (Fsp3) is 0.227. The summed E-state index contributed by atoms with van der Waals surface area (Å²) in [5.41, 5.74) is 4.23. The SMILES string of the molecule is Cc1cccc2c(CN(C(=O)C3SC=NC3C)c3cccc(Cl)c3)c[n+]([O-])cc12. The number of halogens is 1. The molecule has 0 radical (unpaired) electrons. The number of pyridine rings is 1. The molecule has 7 heteroatoms. The van der Waals surface area contributed by atoms with Gasteiger partial charge in [-0.1, -0.05) is 47.6 Å². The Morgan fingerprint density at radius 1 is 1.24 bits per heavy atom. The molecule has 29 heavy (non-hydrogen) atoms. The Bertz CT molecular complexity index is 1120. The molecule has 0 bridgehead atoms. The van der Waals surface area contributed by atoms with Gasteiger partial charge in [0.15, 0.2) is 12.4 Å². The first kappa shape index (κ1) is 19.7. The molecule has 0 N–H and O–H groups in total. The smallest absolute Gasteiger partial charge is 0.243 e. The minimum absolute atomic E-state index is 0.0515. The van der Waals surface area contributed by atoms with Crippen LogP contribution in [0.1, 0.15) is 18.1 Å². The van der Waals surface area contributed by atoms with Crippen LogP contribution in [0.25, 0.3) is 10.8 Å². The molecule has 4 rings (SSSR count). The Labute approximate surface area is 178 Å². The molecule has 3 aromatic rings. The Balaban J connectivity index is 1.80. The second-order valence-electron chi connectivity index (χ2n) is 7.14. The van der Waals surface area contributed by atoms with Crippen LogP contribution in [-0.4, -0.2) is 22.7 Å². The summed E-state index contributed by atoms with van der Waals surface area (Å²) in [5.74, 6) is -0.0515. The Kier molecular flexibility index (Phi) is 5.48.